The number of fused-ring (bicyclic) bond motifs is 1. The van der Waals surface area contributed by atoms with E-state index in [2.05, 4.69) is 42.6 Å². The normalized spacial score (nSPS) is 24.7. The van der Waals surface area contributed by atoms with Gasteiger partial charge in [0.25, 0.3) is 0 Å². The summed E-state index contributed by atoms with van der Waals surface area (Å²) in [5, 5.41) is 4.73. The Balaban J connectivity index is 2.09. The van der Waals surface area contributed by atoms with Gasteiger partial charge in [-0.15, -0.1) is 0 Å². The Kier molecular flexibility index (Phi) is 4.00. The fourth-order valence-electron chi connectivity index (χ4n) is 3.36. The minimum atomic E-state index is 0.0450. The summed E-state index contributed by atoms with van der Waals surface area (Å²) in [4.78, 5) is 0. The third kappa shape index (κ3) is 2.59. The molecule has 0 radical (unpaired) electrons. The van der Waals surface area contributed by atoms with Gasteiger partial charge in [-0.2, -0.15) is 0 Å². The van der Waals surface area contributed by atoms with Crippen molar-refractivity contribution in [1.29, 1.82) is 0 Å². The summed E-state index contributed by atoms with van der Waals surface area (Å²) in [5.41, 5.74) is 4.06. The summed E-state index contributed by atoms with van der Waals surface area (Å²) in [6.07, 6.45) is 2.21. The van der Waals surface area contributed by atoms with Crippen LogP contribution < -0.4 is 5.32 Å². The molecule has 1 N–H and O–H groups in total. The van der Waals surface area contributed by atoms with E-state index in [1.54, 1.807) is 0 Å². The third-order valence-electron chi connectivity index (χ3n) is 4.76. The Bertz CT molecular complexity index is 668. The molecule has 2 aromatic rings. The van der Waals surface area contributed by atoms with Gasteiger partial charge in [0.2, 0.25) is 0 Å². The quantitative estimate of drug-likeness (QED) is 0.786. The number of nitrogens with one attached hydrogen (secondary N) is 1. The average molecular weight is 320 g/mol. The van der Waals surface area contributed by atoms with Gasteiger partial charge in [0, 0.05) is 11.5 Å². The summed E-state index contributed by atoms with van der Waals surface area (Å²) >= 11 is 12.2. The Morgan fingerprint density at radius 3 is 2.57 bits per heavy atom. The van der Waals surface area contributed by atoms with Crippen molar-refractivity contribution in [3.63, 3.8) is 0 Å². The predicted octanol–water partition coefficient (Wildman–Crippen LogP) is 5.35. The molecule has 2 aromatic carbocycles. The molecule has 0 aromatic heterocycles. The Hall–Kier alpha value is -1.02. The van der Waals surface area contributed by atoms with Crippen LogP contribution >= 0.6 is 23.2 Å². The first-order valence-corrected chi connectivity index (χ1v) is 8.04. The lowest BCUT2D eigenvalue weighted by molar-refractivity contribution is 0.326. The van der Waals surface area contributed by atoms with Gasteiger partial charge >= 0.3 is 0 Å². The molecule has 0 spiro atoms. The van der Waals surface area contributed by atoms with E-state index in [0.717, 1.165) is 12.8 Å². The highest BCUT2D eigenvalue weighted by Gasteiger charge is 2.35. The maximum Gasteiger partial charge on any atom is 0.0595 e. The molecule has 2 atom stereocenters. The van der Waals surface area contributed by atoms with Gasteiger partial charge in [-0.1, -0.05) is 53.5 Å². The zero-order valence-corrected chi connectivity index (χ0v) is 13.8. The van der Waals surface area contributed by atoms with Gasteiger partial charge in [0.15, 0.2) is 0 Å². The zero-order valence-electron chi connectivity index (χ0n) is 12.3. The highest BCUT2D eigenvalue weighted by atomic mass is 35.5. The molecular weight excluding hydrogens is 301 g/mol. The molecule has 1 aliphatic carbocycles. The number of hydrogen-bond donors (Lipinski definition) is 1. The molecule has 0 bridgehead atoms. The molecule has 0 aliphatic heterocycles. The van der Waals surface area contributed by atoms with Crippen molar-refractivity contribution in [2.75, 3.05) is 7.05 Å². The number of halogens is 2. The van der Waals surface area contributed by atoms with Crippen LogP contribution in [0, 0.1) is 0 Å². The highest BCUT2D eigenvalue weighted by molar-refractivity contribution is 6.42. The van der Waals surface area contributed by atoms with E-state index in [0.29, 0.717) is 16.0 Å². The molecule has 1 aliphatic rings. The highest BCUT2D eigenvalue weighted by Crippen LogP contribution is 2.44. The maximum atomic E-state index is 6.20. The van der Waals surface area contributed by atoms with Crippen molar-refractivity contribution < 1.29 is 0 Å². The van der Waals surface area contributed by atoms with E-state index in [4.69, 9.17) is 23.2 Å². The first-order chi connectivity index (χ1) is 10.0. The van der Waals surface area contributed by atoms with Crippen molar-refractivity contribution in [3.05, 3.63) is 69.2 Å². The fraction of sp³-hybridized carbons (Fsp3) is 0.333. The largest absolute Gasteiger partial charge is 0.311 e. The molecule has 3 rings (SSSR count). The summed E-state index contributed by atoms with van der Waals surface area (Å²) in [5.74, 6) is 0.386. The van der Waals surface area contributed by atoms with Gasteiger partial charge in [-0.05, 0) is 55.6 Å². The van der Waals surface area contributed by atoms with Gasteiger partial charge in [-0.25, -0.2) is 0 Å². The van der Waals surface area contributed by atoms with Crippen molar-refractivity contribution in [1.82, 2.24) is 5.32 Å². The van der Waals surface area contributed by atoms with Crippen LogP contribution in [0.2, 0.25) is 10.0 Å². The fourth-order valence-corrected chi connectivity index (χ4v) is 3.67. The van der Waals surface area contributed by atoms with E-state index in [1.807, 2.05) is 19.2 Å². The minimum absolute atomic E-state index is 0.0450. The molecular formula is C18H19Cl2N. The molecule has 0 fully saturated rings. The summed E-state index contributed by atoms with van der Waals surface area (Å²) in [6, 6.07) is 14.7. The molecule has 3 heteroatoms. The monoisotopic (exact) mass is 319 g/mol. The van der Waals surface area contributed by atoms with Crippen molar-refractivity contribution in [2.24, 2.45) is 0 Å². The smallest absolute Gasteiger partial charge is 0.0595 e. The summed E-state index contributed by atoms with van der Waals surface area (Å²) in [6.45, 7) is 2.27. The molecule has 1 nitrogen and oxygen atoms in total. The SMILES string of the molecule is CN[C@@]1(C)CC[C@@H](c2ccc(Cl)c(Cl)c2)c2ccccc21. The van der Waals surface area contributed by atoms with E-state index in [9.17, 15) is 0 Å². The lowest BCUT2D eigenvalue weighted by Gasteiger charge is -2.39. The lowest BCUT2D eigenvalue weighted by Crippen LogP contribution is -2.40. The van der Waals surface area contributed by atoms with Crippen LogP contribution in [0.3, 0.4) is 0 Å². The van der Waals surface area contributed by atoms with Crippen LogP contribution in [-0.2, 0) is 5.54 Å². The van der Waals surface area contributed by atoms with E-state index in [1.165, 1.54) is 16.7 Å². The zero-order chi connectivity index (χ0) is 15.0. The van der Waals surface area contributed by atoms with Crippen molar-refractivity contribution in [3.8, 4) is 0 Å². The van der Waals surface area contributed by atoms with Crippen LogP contribution in [0.25, 0.3) is 0 Å². The molecule has 0 unspecified atom stereocenters. The molecule has 0 heterocycles. The molecule has 0 amide bonds. The molecule has 21 heavy (non-hydrogen) atoms. The average Bonchev–Trinajstić information content (AvgIpc) is 2.51. The van der Waals surface area contributed by atoms with Gasteiger partial charge in [0.1, 0.15) is 0 Å². The van der Waals surface area contributed by atoms with Gasteiger partial charge < -0.3 is 5.32 Å². The van der Waals surface area contributed by atoms with Gasteiger partial charge in [-0.3, -0.25) is 0 Å². The molecule has 0 saturated carbocycles. The first-order valence-electron chi connectivity index (χ1n) is 7.28. The number of benzene rings is 2. The predicted molar refractivity (Wildman–Crippen MR) is 90.4 cm³/mol. The van der Waals surface area contributed by atoms with Gasteiger partial charge in [0.05, 0.1) is 10.0 Å². The Morgan fingerprint density at radius 2 is 1.86 bits per heavy atom. The summed E-state index contributed by atoms with van der Waals surface area (Å²) in [7, 11) is 2.04. The maximum absolute atomic E-state index is 6.20. The first kappa shape index (κ1) is 14.9. The second-order valence-electron chi connectivity index (χ2n) is 5.93. The topological polar surface area (TPSA) is 12.0 Å². The third-order valence-corrected chi connectivity index (χ3v) is 5.50. The molecule has 110 valence electrons. The molecule has 0 saturated heterocycles. The van der Waals surface area contributed by atoms with Crippen LogP contribution in [0.15, 0.2) is 42.5 Å². The van der Waals surface area contributed by atoms with Crippen LogP contribution in [-0.4, -0.2) is 7.05 Å². The van der Waals surface area contributed by atoms with Crippen molar-refractivity contribution >= 4 is 23.2 Å². The summed E-state index contributed by atoms with van der Waals surface area (Å²) < 4.78 is 0. The van der Waals surface area contributed by atoms with E-state index < -0.39 is 0 Å². The number of hydrogen-bond acceptors (Lipinski definition) is 1. The van der Waals surface area contributed by atoms with Crippen LogP contribution in [0.5, 0.6) is 0 Å². The van der Waals surface area contributed by atoms with Crippen molar-refractivity contribution in [2.45, 2.75) is 31.2 Å². The van der Waals surface area contributed by atoms with E-state index in [-0.39, 0.29) is 5.54 Å². The van der Waals surface area contributed by atoms with E-state index >= 15 is 0 Å². The number of rotatable bonds is 2. The van der Waals surface area contributed by atoms with Crippen LogP contribution in [0.4, 0.5) is 0 Å². The standard InChI is InChI=1S/C18H19Cl2N/c1-18(21-2)10-9-13(14-5-3-4-6-15(14)18)12-7-8-16(19)17(20)11-12/h3-8,11,13,21H,9-10H2,1-2H3/t13-,18-/m0/s1. The minimum Gasteiger partial charge on any atom is -0.311 e. The Morgan fingerprint density at radius 1 is 1.10 bits per heavy atom. The second-order valence-corrected chi connectivity index (χ2v) is 6.75. The lowest BCUT2D eigenvalue weighted by atomic mass is 9.71. The Labute approximate surface area is 136 Å². The second kappa shape index (κ2) is 5.64. The van der Waals surface area contributed by atoms with Crippen LogP contribution in [0.1, 0.15) is 42.4 Å².